The maximum atomic E-state index is 13.1. The zero-order chi connectivity index (χ0) is 17.1. The number of hydrogen-bond donors (Lipinski definition) is 2. The summed E-state index contributed by atoms with van der Waals surface area (Å²) < 4.78 is 19.0. The van der Waals surface area contributed by atoms with Gasteiger partial charge >= 0.3 is 0 Å². The molecule has 0 atom stereocenters. The SMILES string of the molecule is COc1ccccc1-c1cc(NC(=O)c2ccc(F)cc2I)n[nH]1. The Morgan fingerprint density at radius 1 is 1.25 bits per heavy atom. The van der Waals surface area contributed by atoms with Gasteiger partial charge in [-0.25, -0.2) is 4.39 Å². The number of nitrogens with one attached hydrogen (secondary N) is 2. The molecule has 7 heteroatoms. The van der Waals surface area contributed by atoms with Gasteiger partial charge in [-0.15, -0.1) is 0 Å². The van der Waals surface area contributed by atoms with Gasteiger partial charge in [-0.2, -0.15) is 5.10 Å². The molecule has 1 aromatic heterocycles. The Hall–Kier alpha value is -2.42. The van der Waals surface area contributed by atoms with Gasteiger partial charge in [0.1, 0.15) is 11.6 Å². The van der Waals surface area contributed by atoms with Gasteiger partial charge in [-0.3, -0.25) is 9.89 Å². The van der Waals surface area contributed by atoms with Gasteiger partial charge in [-0.1, -0.05) is 12.1 Å². The molecule has 122 valence electrons. The number of carbonyl (C=O) groups is 1. The molecule has 0 unspecified atom stereocenters. The van der Waals surface area contributed by atoms with Crippen LogP contribution in [0.2, 0.25) is 0 Å². The summed E-state index contributed by atoms with van der Waals surface area (Å²) in [5.74, 6) is 0.347. The third-order valence-electron chi connectivity index (χ3n) is 3.39. The van der Waals surface area contributed by atoms with Gasteiger partial charge in [0.2, 0.25) is 0 Å². The first kappa shape index (κ1) is 16.4. The molecule has 2 aromatic carbocycles. The van der Waals surface area contributed by atoms with Crippen molar-refractivity contribution >= 4 is 34.3 Å². The van der Waals surface area contributed by atoms with E-state index in [-0.39, 0.29) is 11.7 Å². The van der Waals surface area contributed by atoms with E-state index in [1.54, 1.807) is 13.2 Å². The predicted octanol–water partition coefficient (Wildman–Crippen LogP) is 4.08. The van der Waals surface area contributed by atoms with Crippen molar-refractivity contribution in [2.45, 2.75) is 0 Å². The smallest absolute Gasteiger partial charge is 0.257 e. The quantitative estimate of drug-likeness (QED) is 0.605. The van der Waals surface area contributed by atoms with Gasteiger partial charge in [0.05, 0.1) is 18.4 Å². The number of rotatable bonds is 4. The van der Waals surface area contributed by atoms with E-state index in [1.165, 1.54) is 18.2 Å². The molecule has 1 amide bonds. The van der Waals surface area contributed by atoms with Crippen molar-refractivity contribution in [2.75, 3.05) is 12.4 Å². The number of carbonyl (C=O) groups excluding carboxylic acids is 1. The van der Waals surface area contributed by atoms with E-state index in [4.69, 9.17) is 4.74 Å². The Balaban J connectivity index is 1.82. The highest BCUT2D eigenvalue weighted by atomic mass is 127. The average Bonchev–Trinajstić information content (AvgIpc) is 3.03. The number of H-pyrrole nitrogens is 1. The van der Waals surface area contributed by atoms with Crippen molar-refractivity contribution < 1.29 is 13.9 Å². The lowest BCUT2D eigenvalue weighted by molar-refractivity contribution is 0.102. The minimum absolute atomic E-state index is 0.350. The molecule has 0 spiro atoms. The summed E-state index contributed by atoms with van der Waals surface area (Å²) in [6.45, 7) is 0. The van der Waals surface area contributed by atoms with E-state index in [2.05, 4.69) is 15.5 Å². The normalized spacial score (nSPS) is 10.5. The Bertz CT molecular complexity index is 895. The fourth-order valence-electron chi connectivity index (χ4n) is 2.25. The summed E-state index contributed by atoms with van der Waals surface area (Å²) in [5.41, 5.74) is 1.94. The number of methoxy groups -OCH3 is 1. The molecule has 0 fully saturated rings. The number of aromatic nitrogens is 2. The summed E-state index contributed by atoms with van der Waals surface area (Å²) in [6, 6.07) is 13.2. The monoisotopic (exact) mass is 437 g/mol. The molecule has 5 nitrogen and oxygen atoms in total. The first-order valence-electron chi connectivity index (χ1n) is 7.03. The summed E-state index contributed by atoms with van der Waals surface area (Å²) >= 11 is 1.92. The molecular weight excluding hydrogens is 424 g/mol. The zero-order valence-electron chi connectivity index (χ0n) is 12.6. The molecule has 0 aliphatic heterocycles. The number of para-hydroxylation sites is 1. The average molecular weight is 437 g/mol. The van der Waals surface area contributed by atoms with Crippen LogP contribution in [0.3, 0.4) is 0 Å². The Labute approximate surface area is 151 Å². The number of halogens is 2. The first-order valence-corrected chi connectivity index (χ1v) is 8.11. The van der Waals surface area contributed by atoms with Crippen LogP contribution in [0.25, 0.3) is 11.3 Å². The molecule has 3 aromatic rings. The minimum atomic E-state index is -0.380. The fraction of sp³-hybridized carbons (Fsp3) is 0.0588. The van der Waals surface area contributed by atoms with E-state index >= 15 is 0 Å². The Morgan fingerprint density at radius 2 is 2.04 bits per heavy atom. The summed E-state index contributed by atoms with van der Waals surface area (Å²) in [4.78, 5) is 12.3. The lowest BCUT2D eigenvalue weighted by Gasteiger charge is -2.05. The van der Waals surface area contributed by atoms with Gasteiger partial charge in [0.15, 0.2) is 5.82 Å². The van der Waals surface area contributed by atoms with Crippen LogP contribution in [0.15, 0.2) is 48.5 Å². The molecule has 0 radical (unpaired) electrons. The third kappa shape index (κ3) is 3.40. The maximum Gasteiger partial charge on any atom is 0.257 e. The summed E-state index contributed by atoms with van der Waals surface area (Å²) in [7, 11) is 1.59. The van der Waals surface area contributed by atoms with Crippen molar-refractivity contribution in [3.63, 3.8) is 0 Å². The van der Waals surface area contributed by atoms with Crippen LogP contribution in [0, 0.1) is 9.39 Å². The van der Waals surface area contributed by atoms with E-state index < -0.39 is 0 Å². The molecule has 0 aliphatic carbocycles. The first-order chi connectivity index (χ1) is 11.6. The number of hydrogen-bond acceptors (Lipinski definition) is 3. The molecule has 0 saturated heterocycles. The minimum Gasteiger partial charge on any atom is -0.496 e. The maximum absolute atomic E-state index is 13.1. The van der Waals surface area contributed by atoms with Gasteiger partial charge in [-0.05, 0) is 52.9 Å². The van der Waals surface area contributed by atoms with E-state index in [0.29, 0.717) is 20.7 Å². The van der Waals surface area contributed by atoms with E-state index in [0.717, 1.165) is 11.3 Å². The van der Waals surface area contributed by atoms with Crippen molar-refractivity contribution in [1.82, 2.24) is 10.2 Å². The van der Waals surface area contributed by atoms with Crippen LogP contribution in [0.1, 0.15) is 10.4 Å². The van der Waals surface area contributed by atoms with E-state index in [9.17, 15) is 9.18 Å². The summed E-state index contributed by atoms with van der Waals surface area (Å²) in [6.07, 6.45) is 0. The van der Waals surface area contributed by atoms with Crippen molar-refractivity contribution in [3.05, 3.63) is 63.5 Å². The highest BCUT2D eigenvalue weighted by molar-refractivity contribution is 14.1. The molecule has 2 N–H and O–H groups in total. The predicted molar refractivity (Wildman–Crippen MR) is 97.6 cm³/mol. The number of anilines is 1. The second kappa shape index (κ2) is 7.00. The van der Waals surface area contributed by atoms with Crippen LogP contribution in [0.5, 0.6) is 5.75 Å². The van der Waals surface area contributed by atoms with Crippen LogP contribution in [0.4, 0.5) is 10.2 Å². The molecule has 0 saturated carbocycles. The number of amides is 1. The van der Waals surface area contributed by atoms with Crippen LogP contribution in [-0.2, 0) is 0 Å². The Morgan fingerprint density at radius 3 is 2.79 bits per heavy atom. The van der Waals surface area contributed by atoms with Gasteiger partial charge in [0.25, 0.3) is 5.91 Å². The lowest BCUT2D eigenvalue weighted by atomic mass is 10.1. The van der Waals surface area contributed by atoms with E-state index in [1.807, 2.05) is 46.9 Å². The van der Waals surface area contributed by atoms with Crippen molar-refractivity contribution in [1.29, 1.82) is 0 Å². The largest absolute Gasteiger partial charge is 0.496 e. The van der Waals surface area contributed by atoms with Crippen molar-refractivity contribution in [2.24, 2.45) is 0 Å². The molecule has 24 heavy (non-hydrogen) atoms. The van der Waals surface area contributed by atoms with Crippen LogP contribution >= 0.6 is 22.6 Å². The number of ether oxygens (including phenoxy) is 1. The van der Waals surface area contributed by atoms with Crippen molar-refractivity contribution in [3.8, 4) is 17.0 Å². The fourth-order valence-corrected chi connectivity index (χ4v) is 2.97. The van der Waals surface area contributed by atoms with Gasteiger partial charge < -0.3 is 10.1 Å². The lowest BCUT2D eigenvalue weighted by Crippen LogP contribution is -2.13. The topological polar surface area (TPSA) is 67.0 Å². The third-order valence-corrected chi connectivity index (χ3v) is 4.28. The summed E-state index contributed by atoms with van der Waals surface area (Å²) in [5, 5.41) is 9.66. The highest BCUT2D eigenvalue weighted by Gasteiger charge is 2.14. The number of nitrogens with zero attached hydrogens (tertiary/aromatic N) is 1. The molecule has 3 rings (SSSR count). The number of aromatic amines is 1. The standard InChI is InChI=1S/C17H13FIN3O2/c1-24-15-5-3-2-4-12(15)14-9-16(22-21-14)20-17(23)11-7-6-10(18)8-13(11)19/h2-9H,1H3,(H2,20,21,22,23). The van der Waals surface area contributed by atoms with Crippen LogP contribution in [-0.4, -0.2) is 23.2 Å². The highest BCUT2D eigenvalue weighted by Crippen LogP contribution is 2.29. The van der Waals surface area contributed by atoms with Gasteiger partial charge in [0, 0.05) is 15.2 Å². The molecule has 0 bridgehead atoms. The molecule has 0 aliphatic rings. The Kier molecular flexibility index (Phi) is 4.79. The second-order valence-electron chi connectivity index (χ2n) is 4.95. The molecule has 1 heterocycles. The molecular formula is C17H13FIN3O2. The second-order valence-corrected chi connectivity index (χ2v) is 6.11. The zero-order valence-corrected chi connectivity index (χ0v) is 14.8. The van der Waals surface area contributed by atoms with Crippen LogP contribution < -0.4 is 10.1 Å². The number of benzene rings is 2.